The van der Waals surface area contributed by atoms with E-state index in [1.165, 1.54) is 0 Å². The average Bonchev–Trinajstić information content (AvgIpc) is 2.78. The Kier molecular flexibility index (Phi) is 3.18. The summed E-state index contributed by atoms with van der Waals surface area (Å²) in [7, 11) is 0. The highest BCUT2D eigenvalue weighted by Gasteiger charge is 2.22. The molecule has 0 aromatic carbocycles. The number of aliphatic hydroxyl groups excluding tert-OH is 2. The molecular formula is C11H16N2O2. The van der Waals surface area contributed by atoms with Gasteiger partial charge in [0.2, 0.25) is 0 Å². The maximum absolute atomic E-state index is 9.04. The Hall–Kier alpha value is -1.13. The summed E-state index contributed by atoms with van der Waals surface area (Å²) in [5.74, 6) is 1.27. The molecule has 4 heteroatoms. The third-order valence-corrected chi connectivity index (χ3v) is 2.86. The van der Waals surface area contributed by atoms with E-state index in [1.54, 1.807) is 6.20 Å². The fourth-order valence-corrected chi connectivity index (χ4v) is 1.92. The van der Waals surface area contributed by atoms with Gasteiger partial charge in [0.05, 0.1) is 6.61 Å². The van der Waals surface area contributed by atoms with E-state index >= 15 is 0 Å². The number of aliphatic hydroxyl groups is 2. The van der Waals surface area contributed by atoms with Crippen molar-refractivity contribution in [2.75, 3.05) is 24.6 Å². The summed E-state index contributed by atoms with van der Waals surface area (Å²) in [6.45, 7) is 2.09. The van der Waals surface area contributed by atoms with Crippen molar-refractivity contribution >= 4 is 5.82 Å². The monoisotopic (exact) mass is 208 g/mol. The molecule has 1 aliphatic rings. The Labute approximate surface area is 89.2 Å². The van der Waals surface area contributed by atoms with Crippen LogP contribution in [0, 0.1) is 5.92 Å². The minimum Gasteiger partial charge on any atom is -0.396 e. The lowest BCUT2D eigenvalue weighted by molar-refractivity contribution is 0.238. The van der Waals surface area contributed by atoms with Crippen LogP contribution in [0.2, 0.25) is 0 Å². The van der Waals surface area contributed by atoms with Crippen molar-refractivity contribution in [3.63, 3.8) is 0 Å². The zero-order chi connectivity index (χ0) is 10.7. The van der Waals surface area contributed by atoms with E-state index in [0.29, 0.717) is 5.92 Å². The van der Waals surface area contributed by atoms with Gasteiger partial charge in [-0.25, -0.2) is 4.98 Å². The van der Waals surface area contributed by atoms with Gasteiger partial charge in [-0.3, -0.25) is 0 Å². The van der Waals surface area contributed by atoms with Gasteiger partial charge < -0.3 is 15.1 Å². The zero-order valence-corrected chi connectivity index (χ0v) is 8.63. The van der Waals surface area contributed by atoms with Gasteiger partial charge in [0.25, 0.3) is 0 Å². The Morgan fingerprint density at radius 3 is 3.00 bits per heavy atom. The molecule has 0 saturated carbocycles. The lowest BCUT2D eigenvalue weighted by Crippen LogP contribution is -2.21. The van der Waals surface area contributed by atoms with E-state index in [0.717, 1.165) is 30.9 Å². The maximum atomic E-state index is 9.04. The van der Waals surface area contributed by atoms with Gasteiger partial charge in [-0.15, -0.1) is 0 Å². The Morgan fingerprint density at radius 1 is 1.47 bits per heavy atom. The zero-order valence-electron chi connectivity index (χ0n) is 8.63. The van der Waals surface area contributed by atoms with Crippen LogP contribution in [-0.4, -0.2) is 34.9 Å². The summed E-state index contributed by atoms with van der Waals surface area (Å²) >= 11 is 0. The van der Waals surface area contributed by atoms with Crippen LogP contribution in [0.3, 0.4) is 0 Å². The first-order valence-corrected chi connectivity index (χ1v) is 5.25. The standard InChI is InChI=1S/C11H16N2O2/c14-7-9-1-3-12-11(5-9)13-4-2-10(6-13)8-15/h1,3,5,10,14-15H,2,4,6-8H2. The summed E-state index contributed by atoms with van der Waals surface area (Å²) in [4.78, 5) is 6.42. The van der Waals surface area contributed by atoms with Crippen molar-refractivity contribution in [3.8, 4) is 0 Å². The number of aromatic nitrogens is 1. The molecule has 0 bridgehead atoms. The van der Waals surface area contributed by atoms with Crippen LogP contribution in [-0.2, 0) is 6.61 Å². The van der Waals surface area contributed by atoms with Crippen molar-refractivity contribution in [2.24, 2.45) is 5.92 Å². The SMILES string of the molecule is OCc1ccnc(N2CCC(CO)C2)c1. The molecule has 1 unspecified atom stereocenters. The van der Waals surface area contributed by atoms with Crippen molar-refractivity contribution < 1.29 is 10.2 Å². The molecule has 1 aromatic heterocycles. The average molecular weight is 208 g/mol. The molecule has 15 heavy (non-hydrogen) atoms. The van der Waals surface area contributed by atoms with E-state index in [2.05, 4.69) is 9.88 Å². The summed E-state index contributed by atoms with van der Waals surface area (Å²) in [6, 6.07) is 3.71. The molecule has 1 aliphatic heterocycles. The third kappa shape index (κ3) is 2.27. The van der Waals surface area contributed by atoms with Gasteiger partial charge >= 0.3 is 0 Å². The van der Waals surface area contributed by atoms with Gasteiger partial charge in [0.15, 0.2) is 0 Å². The quantitative estimate of drug-likeness (QED) is 0.754. The molecule has 2 N–H and O–H groups in total. The molecule has 0 spiro atoms. The number of hydrogen-bond donors (Lipinski definition) is 2. The summed E-state index contributed by atoms with van der Waals surface area (Å²) in [6.07, 6.45) is 2.73. The molecule has 82 valence electrons. The first kappa shape index (κ1) is 10.4. The highest BCUT2D eigenvalue weighted by atomic mass is 16.3. The molecule has 1 aromatic rings. The van der Waals surface area contributed by atoms with E-state index in [-0.39, 0.29) is 13.2 Å². The number of nitrogens with zero attached hydrogens (tertiary/aromatic N) is 2. The van der Waals surface area contributed by atoms with E-state index < -0.39 is 0 Å². The predicted molar refractivity (Wildman–Crippen MR) is 57.6 cm³/mol. The number of anilines is 1. The van der Waals surface area contributed by atoms with E-state index in [1.807, 2.05) is 12.1 Å². The molecule has 1 saturated heterocycles. The molecular weight excluding hydrogens is 192 g/mol. The molecule has 1 fully saturated rings. The number of rotatable bonds is 3. The first-order chi connectivity index (χ1) is 7.33. The lowest BCUT2D eigenvalue weighted by Gasteiger charge is -2.17. The minimum absolute atomic E-state index is 0.0484. The third-order valence-electron chi connectivity index (χ3n) is 2.86. The fraction of sp³-hybridized carbons (Fsp3) is 0.545. The summed E-state index contributed by atoms with van der Waals surface area (Å²) < 4.78 is 0. The molecule has 0 amide bonds. The predicted octanol–water partition coefficient (Wildman–Crippen LogP) is 0.392. The molecule has 0 aliphatic carbocycles. The van der Waals surface area contributed by atoms with Gasteiger partial charge in [-0.1, -0.05) is 0 Å². The Bertz CT molecular complexity index is 330. The van der Waals surface area contributed by atoms with Crippen molar-refractivity contribution in [1.29, 1.82) is 0 Å². The number of pyridine rings is 1. The lowest BCUT2D eigenvalue weighted by atomic mass is 10.1. The normalized spacial score (nSPS) is 20.9. The van der Waals surface area contributed by atoms with Crippen LogP contribution in [0.5, 0.6) is 0 Å². The molecule has 4 nitrogen and oxygen atoms in total. The summed E-state index contributed by atoms with van der Waals surface area (Å²) in [5.41, 5.74) is 0.882. The maximum Gasteiger partial charge on any atom is 0.128 e. The fourth-order valence-electron chi connectivity index (χ4n) is 1.92. The smallest absolute Gasteiger partial charge is 0.128 e. The van der Waals surface area contributed by atoms with Crippen molar-refractivity contribution in [3.05, 3.63) is 23.9 Å². The Balaban J connectivity index is 2.09. The second kappa shape index (κ2) is 4.59. The van der Waals surface area contributed by atoms with Crippen molar-refractivity contribution in [1.82, 2.24) is 4.98 Å². The van der Waals surface area contributed by atoms with E-state index in [9.17, 15) is 0 Å². The van der Waals surface area contributed by atoms with Gasteiger partial charge in [-0.05, 0) is 24.1 Å². The van der Waals surface area contributed by atoms with Gasteiger partial charge in [0.1, 0.15) is 5.82 Å². The molecule has 1 atom stereocenters. The highest BCUT2D eigenvalue weighted by molar-refractivity contribution is 5.41. The number of hydrogen-bond acceptors (Lipinski definition) is 4. The van der Waals surface area contributed by atoms with Crippen LogP contribution in [0.1, 0.15) is 12.0 Å². The van der Waals surface area contributed by atoms with Crippen LogP contribution in [0.4, 0.5) is 5.82 Å². The molecule has 0 radical (unpaired) electrons. The molecule has 2 rings (SSSR count). The molecule has 2 heterocycles. The second-order valence-electron chi connectivity index (χ2n) is 3.96. The van der Waals surface area contributed by atoms with E-state index in [4.69, 9.17) is 10.2 Å². The Morgan fingerprint density at radius 2 is 2.33 bits per heavy atom. The van der Waals surface area contributed by atoms with Gasteiger partial charge in [0, 0.05) is 31.8 Å². The topological polar surface area (TPSA) is 56.6 Å². The van der Waals surface area contributed by atoms with Crippen LogP contribution >= 0.6 is 0 Å². The minimum atomic E-state index is 0.0484. The van der Waals surface area contributed by atoms with Crippen molar-refractivity contribution in [2.45, 2.75) is 13.0 Å². The van der Waals surface area contributed by atoms with Crippen LogP contribution in [0.15, 0.2) is 18.3 Å². The van der Waals surface area contributed by atoms with Gasteiger partial charge in [-0.2, -0.15) is 0 Å². The van der Waals surface area contributed by atoms with Crippen LogP contribution in [0.25, 0.3) is 0 Å². The second-order valence-corrected chi connectivity index (χ2v) is 3.96. The highest BCUT2D eigenvalue weighted by Crippen LogP contribution is 2.22. The first-order valence-electron chi connectivity index (χ1n) is 5.25. The summed E-state index contributed by atoms with van der Waals surface area (Å²) in [5, 5.41) is 18.1. The largest absolute Gasteiger partial charge is 0.396 e. The van der Waals surface area contributed by atoms with Crippen LogP contribution < -0.4 is 4.90 Å².